The van der Waals surface area contributed by atoms with Gasteiger partial charge in [-0.15, -0.1) is 0 Å². The van der Waals surface area contributed by atoms with E-state index in [-0.39, 0.29) is 0 Å². The largest absolute Gasteiger partial charge is 0.300 e. The van der Waals surface area contributed by atoms with Gasteiger partial charge in [-0.05, 0) is 24.3 Å². The number of benzene rings is 1. The minimum atomic E-state index is 0.347. The topological polar surface area (TPSA) is 17.1 Å². The van der Waals surface area contributed by atoms with Gasteiger partial charge in [-0.3, -0.25) is 4.79 Å². The van der Waals surface area contributed by atoms with Crippen LogP contribution < -0.4 is 0 Å². The number of Topliss-reactive ketones (excluding diaryl/α,β-unsaturated/α-hetero) is 1. The van der Waals surface area contributed by atoms with Crippen molar-refractivity contribution in [1.29, 1.82) is 0 Å². The Labute approximate surface area is 90.8 Å². The predicted molar refractivity (Wildman–Crippen MR) is 61.7 cm³/mol. The Morgan fingerprint density at radius 1 is 1.27 bits per heavy atom. The molecule has 1 aliphatic rings. The van der Waals surface area contributed by atoms with Gasteiger partial charge in [0.25, 0.3) is 0 Å². The van der Waals surface area contributed by atoms with Crippen molar-refractivity contribution in [3.63, 3.8) is 0 Å². The molecule has 1 aromatic rings. The Bertz CT molecular complexity index is 378. The first-order valence-corrected chi connectivity index (χ1v) is 5.40. The van der Waals surface area contributed by atoms with Crippen molar-refractivity contribution in [2.75, 3.05) is 0 Å². The molecule has 1 aliphatic carbocycles. The van der Waals surface area contributed by atoms with Crippen LogP contribution in [-0.2, 0) is 4.79 Å². The molecule has 78 valence electrons. The molecule has 0 unspecified atom stereocenters. The van der Waals surface area contributed by atoms with Gasteiger partial charge in [0.2, 0.25) is 0 Å². The van der Waals surface area contributed by atoms with Crippen LogP contribution in [0.15, 0.2) is 42.5 Å². The number of rotatable bonds is 2. The first kappa shape index (κ1) is 10.2. The molecule has 1 fully saturated rings. The minimum Gasteiger partial charge on any atom is -0.300 e. The number of hydrogen-bond acceptors (Lipinski definition) is 1. The predicted octanol–water partition coefficient (Wildman–Crippen LogP) is 3.33. The molecule has 0 bridgehead atoms. The first-order valence-electron chi connectivity index (χ1n) is 5.40. The maximum atomic E-state index is 11.5. The average Bonchev–Trinajstić information content (AvgIpc) is 2.62. The maximum Gasteiger partial charge on any atom is 0.134 e. The van der Waals surface area contributed by atoms with Crippen molar-refractivity contribution >= 4 is 5.78 Å². The second kappa shape index (κ2) is 4.01. The minimum absolute atomic E-state index is 0.347. The lowest BCUT2D eigenvalue weighted by Crippen LogP contribution is -2.06. The summed E-state index contributed by atoms with van der Waals surface area (Å²) in [6.07, 6.45) is 1.36. The molecule has 0 amide bonds. The molecule has 0 aromatic heterocycles. The number of ketones is 1. The highest BCUT2D eigenvalue weighted by Crippen LogP contribution is 2.40. The highest BCUT2D eigenvalue weighted by molar-refractivity contribution is 5.82. The lowest BCUT2D eigenvalue weighted by molar-refractivity contribution is -0.117. The molecule has 1 heteroatoms. The van der Waals surface area contributed by atoms with Crippen LogP contribution >= 0.6 is 0 Å². The van der Waals surface area contributed by atoms with E-state index in [1.54, 1.807) is 0 Å². The lowest BCUT2D eigenvalue weighted by atomic mass is 9.85. The van der Waals surface area contributed by atoms with E-state index in [2.05, 4.69) is 18.7 Å². The van der Waals surface area contributed by atoms with Crippen LogP contribution in [0.3, 0.4) is 0 Å². The molecule has 1 aromatic carbocycles. The molecule has 0 radical (unpaired) electrons. The summed E-state index contributed by atoms with van der Waals surface area (Å²) in [7, 11) is 0. The van der Waals surface area contributed by atoms with Crippen LogP contribution in [0.5, 0.6) is 0 Å². The zero-order chi connectivity index (χ0) is 10.8. The van der Waals surface area contributed by atoms with E-state index < -0.39 is 0 Å². The van der Waals surface area contributed by atoms with E-state index in [9.17, 15) is 4.79 Å². The SMILES string of the molecule is C=C(C)[C@H]1CC(=O)C[C@@H]1c1ccccc1. The Hall–Kier alpha value is -1.37. The highest BCUT2D eigenvalue weighted by Gasteiger charge is 2.33. The molecule has 2 atom stereocenters. The quantitative estimate of drug-likeness (QED) is 0.669. The normalized spacial score (nSPS) is 25.5. The molecule has 0 heterocycles. The molecular weight excluding hydrogens is 184 g/mol. The third-order valence-corrected chi connectivity index (χ3v) is 3.24. The van der Waals surface area contributed by atoms with Gasteiger partial charge in [0.05, 0.1) is 0 Å². The Balaban J connectivity index is 2.28. The van der Waals surface area contributed by atoms with Crippen molar-refractivity contribution < 1.29 is 4.79 Å². The van der Waals surface area contributed by atoms with Gasteiger partial charge in [0, 0.05) is 12.8 Å². The van der Waals surface area contributed by atoms with Crippen LogP contribution in [-0.4, -0.2) is 5.78 Å². The number of allylic oxidation sites excluding steroid dienone is 1. The van der Waals surface area contributed by atoms with Crippen molar-refractivity contribution in [3.8, 4) is 0 Å². The van der Waals surface area contributed by atoms with E-state index in [1.165, 1.54) is 5.56 Å². The van der Waals surface area contributed by atoms with Gasteiger partial charge >= 0.3 is 0 Å². The Morgan fingerprint density at radius 2 is 1.93 bits per heavy atom. The van der Waals surface area contributed by atoms with Gasteiger partial charge in [-0.25, -0.2) is 0 Å². The molecule has 2 rings (SSSR count). The Morgan fingerprint density at radius 3 is 2.53 bits per heavy atom. The smallest absolute Gasteiger partial charge is 0.134 e. The fourth-order valence-corrected chi connectivity index (χ4v) is 2.43. The molecule has 0 spiro atoms. The molecule has 0 N–H and O–H groups in total. The average molecular weight is 200 g/mol. The summed E-state index contributed by atoms with van der Waals surface area (Å²) in [6.45, 7) is 6.02. The van der Waals surface area contributed by atoms with Crippen LogP contribution in [0.25, 0.3) is 0 Å². The molecule has 15 heavy (non-hydrogen) atoms. The van der Waals surface area contributed by atoms with Gasteiger partial charge in [0.1, 0.15) is 5.78 Å². The second-order valence-corrected chi connectivity index (χ2v) is 4.42. The van der Waals surface area contributed by atoms with Gasteiger partial charge in [-0.2, -0.15) is 0 Å². The van der Waals surface area contributed by atoms with Crippen LogP contribution in [0.1, 0.15) is 31.2 Å². The summed E-state index contributed by atoms with van der Waals surface area (Å²) in [5, 5.41) is 0. The molecule has 0 saturated heterocycles. The summed E-state index contributed by atoms with van der Waals surface area (Å²) in [4.78, 5) is 11.5. The third-order valence-electron chi connectivity index (χ3n) is 3.24. The van der Waals surface area contributed by atoms with Crippen molar-refractivity contribution in [2.45, 2.75) is 25.7 Å². The summed E-state index contributed by atoms with van der Waals surface area (Å²) < 4.78 is 0. The third kappa shape index (κ3) is 2.01. The lowest BCUT2D eigenvalue weighted by Gasteiger charge is -2.18. The summed E-state index contributed by atoms with van der Waals surface area (Å²) in [6, 6.07) is 10.3. The maximum absolute atomic E-state index is 11.5. The van der Waals surface area contributed by atoms with E-state index in [1.807, 2.05) is 25.1 Å². The van der Waals surface area contributed by atoms with Crippen molar-refractivity contribution in [1.82, 2.24) is 0 Å². The Kier molecular flexibility index (Phi) is 2.72. The molecule has 0 aliphatic heterocycles. The van der Waals surface area contributed by atoms with Crippen molar-refractivity contribution in [3.05, 3.63) is 48.0 Å². The zero-order valence-corrected chi connectivity index (χ0v) is 9.07. The van der Waals surface area contributed by atoms with E-state index in [0.717, 1.165) is 5.57 Å². The second-order valence-electron chi connectivity index (χ2n) is 4.42. The summed E-state index contributed by atoms with van der Waals surface area (Å²) in [5.41, 5.74) is 2.41. The fraction of sp³-hybridized carbons (Fsp3) is 0.357. The first-order chi connectivity index (χ1) is 7.18. The van der Waals surface area contributed by atoms with Crippen LogP contribution in [0, 0.1) is 5.92 Å². The van der Waals surface area contributed by atoms with Crippen LogP contribution in [0.2, 0.25) is 0 Å². The van der Waals surface area contributed by atoms with E-state index in [4.69, 9.17) is 0 Å². The molecule has 1 nitrogen and oxygen atoms in total. The van der Waals surface area contributed by atoms with Gasteiger partial charge < -0.3 is 0 Å². The monoisotopic (exact) mass is 200 g/mol. The number of carbonyl (C=O) groups is 1. The summed E-state index contributed by atoms with van der Waals surface area (Å²) >= 11 is 0. The number of hydrogen-bond donors (Lipinski definition) is 0. The van der Waals surface area contributed by atoms with Crippen molar-refractivity contribution in [2.24, 2.45) is 5.92 Å². The van der Waals surface area contributed by atoms with E-state index >= 15 is 0 Å². The zero-order valence-electron chi connectivity index (χ0n) is 9.07. The van der Waals surface area contributed by atoms with Crippen LogP contribution in [0.4, 0.5) is 0 Å². The fourth-order valence-electron chi connectivity index (χ4n) is 2.43. The standard InChI is InChI=1S/C14H16O/c1-10(2)13-8-12(15)9-14(13)11-6-4-3-5-7-11/h3-7,13-14H,1,8-9H2,2H3/t13-,14-/m1/s1. The van der Waals surface area contributed by atoms with Gasteiger partial charge in [0.15, 0.2) is 0 Å². The van der Waals surface area contributed by atoms with Gasteiger partial charge in [-0.1, -0.05) is 42.5 Å². The summed E-state index contributed by atoms with van der Waals surface area (Å²) in [5.74, 6) is 1.08. The molecular formula is C14H16O. The van der Waals surface area contributed by atoms with E-state index in [0.29, 0.717) is 30.5 Å². The highest BCUT2D eigenvalue weighted by atomic mass is 16.1. The number of carbonyl (C=O) groups excluding carboxylic acids is 1. The molecule has 1 saturated carbocycles.